The molecule has 28 heavy (non-hydrogen) atoms. The molecule has 2 aromatic rings. The van der Waals surface area contributed by atoms with E-state index < -0.39 is 36.1 Å². The fraction of sp³-hybridized carbons (Fsp3) is 0.476. The molecule has 1 fully saturated rings. The molecule has 1 aliphatic rings. The number of alkyl halides is 4. The first-order chi connectivity index (χ1) is 13.3. The number of thiophene rings is 1. The molecule has 0 spiro atoms. The first kappa shape index (κ1) is 20.8. The third-order valence-electron chi connectivity index (χ3n) is 5.71. The molecule has 1 heterocycles. The zero-order valence-electron chi connectivity index (χ0n) is 15.3. The van der Waals surface area contributed by atoms with Crippen LogP contribution in [0.25, 0.3) is 0 Å². The van der Waals surface area contributed by atoms with E-state index in [9.17, 15) is 18.7 Å². The number of carboxylic acid groups (broad SMARTS) is 1. The van der Waals surface area contributed by atoms with Gasteiger partial charge in [0.25, 0.3) is 6.43 Å². The first-order valence-corrected chi connectivity index (χ1v) is 10.2. The van der Waals surface area contributed by atoms with Crippen molar-refractivity contribution in [2.24, 2.45) is 5.92 Å². The van der Waals surface area contributed by atoms with Crippen molar-refractivity contribution in [1.29, 1.82) is 0 Å². The number of aromatic carboxylic acids is 1. The summed E-state index contributed by atoms with van der Waals surface area (Å²) < 4.78 is 57.1. The van der Waals surface area contributed by atoms with Gasteiger partial charge in [0.05, 0.1) is 11.4 Å². The van der Waals surface area contributed by atoms with E-state index in [2.05, 4.69) is 0 Å². The molecule has 2 nitrogen and oxygen atoms in total. The number of carbonyl (C=O) groups excluding carboxylic acids is 1. The minimum atomic E-state index is -2.74. The predicted molar refractivity (Wildman–Crippen MR) is 98.3 cm³/mol. The van der Waals surface area contributed by atoms with Gasteiger partial charge in [-0.25, -0.2) is 17.6 Å². The van der Waals surface area contributed by atoms with Gasteiger partial charge in [0.1, 0.15) is 12.3 Å². The van der Waals surface area contributed by atoms with Gasteiger partial charge in [-0.1, -0.05) is 37.6 Å². The van der Waals surface area contributed by atoms with Crippen molar-refractivity contribution < 1.29 is 27.5 Å². The molecule has 1 aliphatic carbocycles. The minimum Gasteiger partial charge on any atom is -0.545 e. The molecule has 0 amide bonds. The molecule has 1 aromatic heterocycles. The van der Waals surface area contributed by atoms with Crippen LogP contribution in [-0.4, -0.2) is 18.3 Å². The van der Waals surface area contributed by atoms with Crippen LogP contribution in [0, 0.1) is 5.92 Å². The highest BCUT2D eigenvalue weighted by molar-refractivity contribution is 7.10. The molecule has 0 radical (unpaired) electrons. The van der Waals surface area contributed by atoms with Crippen LogP contribution in [0.4, 0.5) is 17.6 Å². The average Bonchev–Trinajstić information content (AvgIpc) is 3.17. The molecule has 0 N–H and O–H groups in total. The Balaban J connectivity index is 2.19. The van der Waals surface area contributed by atoms with Gasteiger partial charge in [-0.3, -0.25) is 0 Å². The fourth-order valence-electron chi connectivity index (χ4n) is 4.32. The topological polar surface area (TPSA) is 40.1 Å². The van der Waals surface area contributed by atoms with Gasteiger partial charge in [0.15, 0.2) is 0 Å². The van der Waals surface area contributed by atoms with E-state index in [-0.39, 0.29) is 28.0 Å². The summed E-state index contributed by atoms with van der Waals surface area (Å²) in [6, 6.07) is 6.92. The molecule has 4 atom stereocenters. The van der Waals surface area contributed by atoms with Gasteiger partial charge in [0, 0.05) is 16.0 Å². The quantitative estimate of drug-likeness (QED) is 0.609. The number of carboxylic acids is 1. The highest BCUT2D eigenvalue weighted by atomic mass is 32.1. The summed E-state index contributed by atoms with van der Waals surface area (Å²) in [7, 11) is 0. The molecule has 0 aliphatic heterocycles. The smallest absolute Gasteiger partial charge is 0.264 e. The lowest BCUT2D eigenvalue weighted by atomic mass is 9.62. The average molecular weight is 413 g/mol. The van der Waals surface area contributed by atoms with E-state index >= 15 is 8.78 Å². The molecule has 152 valence electrons. The molecule has 4 unspecified atom stereocenters. The van der Waals surface area contributed by atoms with E-state index in [4.69, 9.17) is 0 Å². The molecular formula is C21H21F4O2S-. The second kappa shape index (κ2) is 8.23. The lowest BCUT2D eigenvalue weighted by Gasteiger charge is -2.45. The van der Waals surface area contributed by atoms with Gasteiger partial charge in [-0.2, -0.15) is 0 Å². The summed E-state index contributed by atoms with van der Waals surface area (Å²) in [6.45, 7) is 1.89. The van der Waals surface area contributed by atoms with Crippen LogP contribution in [0.1, 0.15) is 65.4 Å². The second-order valence-electron chi connectivity index (χ2n) is 7.28. The number of carbonyl (C=O) groups is 1. The lowest BCUT2D eigenvalue weighted by molar-refractivity contribution is -0.255. The predicted octanol–water partition coefficient (Wildman–Crippen LogP) is 5.22. The van der Waals surface area contributed by atoms with E-state index in [1.165, 1.54) is 29.6 Å². The minimum absolute atomic E-state index is 0.0859. The Kier molecular flexibility index (Phi) is 6.12. The summed E-state index contributed by atoms with van der Waals surface area (Å²) in [5.74, 6) is -1.98. The van der Waals surface area contributed by atoms with E-state index in [0.717, 1.165) is 11.3 Å². The maximum absolute atomic E-state index is 15.7. The number of halogens is 4. The van der Waals surface area contributed by atoms with Crippen molar-refractivity contribution in [3.05, 3.63) is 57.3 Å². The van der Waals surface area contributed by atoms with Gasteiger partial charge in [-0.05, 0) is 42.2 Å². The highest BCUT2D eigenvalue weighted by Crippen LogP contribution is 2.52. The van der Waals surface area contributed by atoms with Crippen molar-refractivity contribution in [2.75, 3.05) is 0 Å². The number of hydrogen-bond donors (Lipinski definition) is 0. The Morgan fingerprint density at radius 3 is 2.64 bits per heavy atom. The molecule has 7 heteroatoms. The van der Waals surface area contributed by atoms with E-state index in [1.807, 2.05) is 6.92 Å². The standard InChI is InChI=1S/C21H22F4O2S/c1-2-5-12-8-9-21(18(23)17(12)22,16-10-13(11-28-16)19(24)25)15-7-4-3-6-14(15)20(26)27/h3-4,6-7,10-12,17-19H,2,5,8-9H2,1H3,(H,26,27)/p-1. The van der Waals surface area contributed by atoms with Crippen molar-refractivity contribution in [2.45, 2.75) is 56.8 Å². The van der Waals surface area contributed by atoms with Crippen molar-refractivity contribution in [3.8, 4) is 0 Å². The SMILES string of the molecule is CCCC1CCC(c2cc(C(F)F)cs2)(c2ccccc2C(=O)[O-])C(F)C1F. The zero-order valence-corrected chi connectivity index (χ0v) is 16.2. The lowest BCUT2D eigenvalue weighted by Crippen LogP contribution is -2.50. The second-order valence-corrected chi connectivity index (χ2v) is 8.19. The van der Waals surface area contributed by atoms with Gasteiger partial charge in [0.2, 0.25) is 0 Å². The third-order valence-corrected chi connectivity index (χ3v) is 6.83. The third kappa shape index (κ3) is 3.45. The monoisotopic (exact) mass is 413 g/mol. The summed E-state index contributed by atoms with van der Waals surface area (Å²) in [5.41, 5.74) is -2.05. The van der Waals surface area contributed by atoms with E-state index in [1.54, 1.807) is 6.07 Å². The molecule has 0 bridgehead atoms. The summed E-state index contributed by atoms with van der Waals surface area (Å²) >= 11 is 0.919. The number of benzene rings is 1. The Morgan fingerprint density at radius 1 is 1.32 bits per heavy atom. The zero-order chi connectivity index (χ0) is 20.5. The maximum atomic E-state index is 15.7. The van der Waals surface area contributed by atoms with Gasteiger partial charge >= 0.3 is 0 Å². The first-order valence-electron chi connectivity index (χ1n) is 9.29. The highest BCUT2D eigenvalue weighted by Gasteiger charge is 2.53. The summed E-state index contributed by atoms with van der Waals surface area (Å²) in [6.07, 6.45) is -4.87. The van der Waals surface area contributed by atoms with Crippen LogP contribution in [-0.2, 0) is 5.41 Å². The molecule has 0 saturated heterocycles. The molecule has 1 saturated carbocycles. The molecular weight excluding hydrogens is 392 g/mol. The van der Waals surface area contributed by atoms with Crippen LogP contribution in [0.15, 0.2) is 35.7 Å². The summed E-state index contributed by atoms with van der Waals surface area (Å²) in [4.78, 5) is 11.9. The van der Waals surface area contributed by atoms with Crippen LogP contribution >= 0.6 is 11.3 Å². The van der Waals surface area contributed by atoms with Crippen LogP contribution in [0.5, 0.6) is 0 Å². The number of rotatable bonds is 6. The Labute approximate surface area is 165 Å². The molecule has 1 aromatic carbocycles. The van der Waals surface area contributed by atoms with Crippen LogP contribution in [0.3, 0.4) is 0 Å². The Bertz CT molecular complexity index is 837. The summed E-state index contributed by atoms with van der Waals surface area (Å²) in [5, 5.41) is 12.9. The largest absolute Gasteiger partial charge is 0.545 e. The normalized spacial score (nSPS) is 27.9. The van der Waals surface area contributed by atoms with Gasteiger partial charge < -0.3 is 9.90 Å². The number of hydrogen-bond acceptors (Lipinski definition) is 3. The van der Waals surface area contributed by atoms with E-state index in [0.29, 0.717) is 19.3 Å². The van der Waals surface area contributed by atoms with Gasteiger partial charge in [-0.15, -0.1) is 11.3 Å². The van der Waals surface area contributed by atoms with Crippen LogP contribution < -0.4 is 5.11 Å². The fourth-order valence-corrected chi connectivity index (χ4v) is 5.49. The maximum Gasteiger partial charge on any atom is 0.264 e. The Hall–Kier alpha value is -1.89. The van der Waals surface area contributed by atoms with Crippen molar-refractivity contribution in [3.63, 3.8) is 0 Å². The molecule has 3 rings (SSSR count). The van der Waals surface area contributed by atoms with Crippen molar-refractivity contribution in [1.82, 2.24) is 0 Å². The Morgan fingerprint density at radius 2 is 2.04 bits per heavy atom. The van der Waals surface area contributed by atoms with Crippen LogP contribution in [0.2, 0.25) is 0 Å². The van der Waals surface area contributed by atoms with Crippen molar-refractivity contribution >= 4 is 17.3 Å².